The highest BCUT2D eigenvalue weighted by Gasteiger charge is 2.08. The van der Waals surface area contributed by atoms with Crippen LogP contribution in [-0.2, 0) is 11.2 Å². The first-order chi connectivity index (χ1) is 9.06. The number of nitrogens with one attached hydrogen (secondary N) is 2. The molecule has 1 aromatic rings. The zero-order valence-corrected chi connectivity index (χ0v) is 13.6. The van der Waals surface area contributed by atoms with Crippen LogP contribution in [0, 0.1) is 0 Å². The molecule has 0 spiro atoms. The maximum Gasteiger partial charge on any atom is 0.224 e. The van der Waals surface area contributed by atoms with Gasteiger partial charge in [-0.1, -0.05) is 17.7 Å². The molecule has 6 heteroatoms. The van der Waals surface area contributed by atoms with Crippen molar-refractivity contribution in [3.8, 4) is 5.75 Å². The summed E-state index contributed by atoms with van der Waals surface area (Å²) >= 11 is 6.09. The summed E-state index contributed by atoms with van der Waals surface area (Å²) in [5.41, 5.74) is 0.807. The van der Waals surface area contributed by atoms with E-state index >= 15 is 0 Å². The molecule has 0 aliphatic rings. The Bertz CT molecular complexity index is 428. The van der Waals surface area contributed by atoms with Crippen LogP contribution in [0.1, 0.15) is 18.9 Å². The minimum atomic E-state index is -0.0182. The van der Waals surface area contributed by atoms with Crippen molar-refractivity contribution in [2.75, 3.05) is 20.7 Å². The van der Waals surface area contributed by atoms with Gasteiger partial charge in [-0.05, 0) is 38.1 Å². The van der Waals surface area contributed by atoms with E-state index in [1.54, 1.807) is 19.2 Å². The van der Waals surface area contributed by atoms with Crippen molar-refractivity contribution in [1.29, 1.82) is 0 Å². The fraction of sp³-hybridized carbons (Fsp3) is 0.500. The molecule has 114 valence electrons. The van der Waals surface area contributed by atoms with Crippen LogP contribution < -0.4 is 15.4 Å². The van der Waals surface area contributed by atoms with Gasteiger partial charge in [-0.3, -0.25) is 4.79 Å². The van der Waals surface area contributed by atoms with Crippen LogP contribution in [0.15, 0.2) is 18.2 Å². The maximum atomic E-state index is 11.8. The van der Waals surface area contributed by atoms with Crippen LogP contribution in [0.25, 0.3) is 0 Å². The molecule has 0 saturated heterocycles. The van der Waals surface area contributed by atoms with E-state index in [0.717, 1.165) is 12.0 Å². The van der Waals surface area contributed by atoms with E-state index < -0.39 is 0 Å². The van der Waals surface area contributed by atoms with Crippen LogP contribution in [0.3, 0.4) is 0 Å². The number of hydrogen-bond donors (Lipinski definition) is 2. The van der Waals surface area contributed by atoms with Gasteiger partial charge in [-0.2, -0.15) is 0 Å². The lowest BCUT2D eigenvalue weighted by molar-refractivity contribution is -0.120. The summed E-state index contributed by atoms with van der Waals surface area (Å²) < 4.78 is 5.07. The molecule has 2 N–H and O–H groups in total. The van der Waals surface area contributed by atoms with Gasteiger partial charge in [-0.25, -0.2) is 0 Å². The van der Waals surface area contributed by atoms with Gasteiger partial charge in [0.05, 0.1) is 13.5 Å². The molecular formula is C14H22Cl2N2O2. The number of carbonyl (C=O) groups excluding carboxylic acids is 1. The first-order valence-corrected chi connectivity index (χ1v) is 6.71. The average Bonchev–Trinajstić information content (AvgIpc) is 2.40. The molecule has 0 heterocycles. The second kappa shape index (κ2) is 9.86. The smallest absolute Gasteiger partial charge is 0.224 e. The third-order valence-corrected chi connectivity index (χ3v) is 3.36. The zero-order valence-electron chi connectivity index (χ0n) is 12.0. The third kappa shape index (κ3) is 6.46. The van der Waals surface area contributed by atoms with Crippen molar-refractivity contribution in [2.24, 2.45) is 0 Å². The molecule has 1 rings (SSSR count). The SMILES string of the molecule is CNC(C)CCNC(=O)Cc1ccc(OC)cc1Cl.Cl. The Hall–Kier alpha value is -0.970. The van der Waals surface area contributed by atoms with Crippen LogP contribution in [0.4, 0.5) is 0 Å². The number of rotatable bonds is 7. The van der Waals surface area contributed by atoms with Gasteiger partial charge in [-0.15, -0.1) is 12.4 Å². The lowest BCUT2D eigenvalue weighted by Crippen LogP contribution is -2.31. The van der Waals surface area contributed by atoms with Gasteiger partial charge in [0, 0.05) is 17.6 Å². The Morgan fingerprint density at radius 1 is 1.45 bits per heavy atom. The quantitative estimate of drug-likeness (QED) is 0.811. The topological polar surface area (TPSA) is 50.4 Å². The third-order valence-electron chi connectivity index (χ3n) is 3.00. The molecule has 1 aromatic carbocycles. The highest BCUT2D eigenvalue weighted by molar-refractivity contribution is 6.31. The number of methoxy groups -OCH3 is 1. The molecule has 0 bridgehead atoms. The van der Waals surface area contributed by atoms with Gasteiger partial charge >= 0.3 is 0 Å². The van der Waals surface area contributed by atoms with Crippen molar-refractivity contribution in [2.45, 2.75) is 25.8 Å². The van der Waals surface area contributed by atoms with E-state index in [2.05, 4.69) is 17.6 Å². The lowest BCUT2D eigenvalue weighted by Gasteiger charge is -2.11. The van der Waals surface area contributed by atoms with Gasteiger partial charge in [0.2, 0.25) is 5.91 Å². The molecule has 1 unspecified atom stereocenters. The first-order valence-electron chi connectivity index (χ1n) is 6.33. The highest BCUT2D eigenvalue weighted by Crippen LogP contribution is 2.22. The molecule has 4 nitrogen and oxygen atoms in total. The summed E-state index contributed by atoms with van der Waals surface area (Å²) in [5.74, 6) is 0.673. The fourth-order valence-electron chi connectivity index (χ4n) is 1.61. The Labute approximate surface area is 131 Å². The van der Waals surface area contributed by atoms with Gasteiger partial charge < -0.3 is 15.4 Å². The van der Waals surface area contributed by atoms with Crippen molar-refractivity contribution in [3.63, 3.8) is 0 Å². The first kappa shape index (κ1) is 19.0. The molecule has 20 heavy (non-hydrogen) atoms. The van der Waals surface area contributed by atoms with E-state index in [0.29, 0.717) is 23.4 Å². The largest absolute Gasteiger partial charge is 0.497 e. The van der Waals surface area contributed by atoms with Crippen molar-refractivity contribution in [1.82, 2.24) is 10.6 Å². The van der Waals surface area contributed by atoms with Crippen LogP contribution in [0.5, 0.6) is 5.75 Å². The van der Waals surface area contributed by atoms with E-state index in [9.17, 15) is 4.79 Å². The second-order valence-corrected chi connectivity index (χ2v) is 4.87. The number of amides is 1. The minimum absolute atomic E-state index is 0. The summed E-state index contributed by atoms with van der Waals surface area (Å²) in [7, 11) is 3.49. The number of halogens is 2. The summed E-state index contributed by atoms with van der Waals surface area (Å²) in [4.78, 5) is 11.8. The number of carbonyl (C=O) groups is 1. The Morgan fingerprint density at radius 3 is 2.70 bits per heavy atom. The molecular weight excluding hydrogens is 299 g/mol. The van der Waals surface area contributed by atoms with E-state index in [-0.39, 0.29) is 24.7 Å². The highest BCUT2D eigenvalue weighted by atomic mass is 35.5. The monoisotopic (exact) mass is 320 g/mol. The molecule has 0 aromatic heterocycles. The number of ether oxygens (including phenoxy) is 1. The Kier molecular flexibility index (Phi) is 9.38. The van der Waals surface area contributed by atoms with Crippen molar-refractivity contribution in [3.05, 3.63) is 28.8 Å². The molecule has 1 amide bonds. The van der Waals surface area contributed by atoms with Crippen LogP contribution in [0.2, 0.25) is 5.02 Å². The summed E-state index contributed by atoms with van der Waals surface area (Å²) in [6.45, 7) is 2.74. The summed E-state index contributed by atoms with van der Waals surface area (Å²) in [5, 5.41) is 6.56. The molecule has 0 saturated carbocycles. The Morgan fingerprint density at radius 2 is 2.15 bits per heavy atom. The van der Waals surface area contributed by atoms with Gasteiger partial charge in [0.25, 0.3) is 0 Å². The van der Waals surface area contributed by atoms with E-state index in [1.807, 2.05) is 13.1 Å². The number of benzene rings is 1. The Balaban J connectivity index is 0.00000361. The number of hydrogen-bond acceptors (Lipinski definition) is 3. The zero-order chi connectivity index (χ0) is 14.3. The molecule has 0 aliphatic carbocycles. The van der Waals surface area contributed by atoms with Crippen molar-refractivity contribution < 1.29 is 9.53 Å². The summed E-state index contributed by atoms with van der Waals surface area (Å²) in [6, 6.07) is 5.73. The van der Waals surface area contributed by atoms with Gasteiger partial charge in [0.1, 0.15) is 5.75 Å². The van der Waals surface area contributed by atoms with E-state index in [4.69, 9.17) is 16.3 Å². The van der Waals surface area contributed by atoms with Crippen LogP contribution in [-0.4, -0.2) is 32.7 Å². The van der Waals surface area contributed by atoms with Crippen molar-refractivity contribution >= 4 is 29.9 Å². The molecule has 0 aliphatic heterocycles. The summed E-state index contributed by atoms with van der Waals surface area (Å²) in [6.07, 6.45) is 1.19. The maximum absolute atomic E-state index is 11.8. The lowest BCUT2D eigenvalue weighted by atomic mass is 10.1. The fourth-order valence-corrected chi connectivity index (χ4v) is 1.84. The minimum Gasteiger partial charge on any atom is -0.497 e. The predicted octanol–water partition coefficient (Wildman–Crippen LogP) is 2.43. The molecule has 0 radical (unpaired) electrons. The van der Waals surface area contributed by atoms with Gasteiger partial charge in [0.15, 0.2) is 0 Å². The normalized spacial score (nSPS) is 11.4. The molecule has 1 atom stereocenters. The average molecular weight is 321 g/mol. The van der Waals surface area contributed by atoms with E-state index in [1.165, 1.54) is 0 Å². The van der Waals surface area contributed by atoms with Crippen LogP contribution >= 0.6 is 24.0 Å². The predicted molar refractivity (Wildman–Crippen MR) is 85.1 cm³/mol. The second-order valence-electron chi connectivity index (χ2n) is 4.46. The molecule has 0 fully saturated rings. The standard InChI is InChI=1S/C14H21ClN2O2.ClH/c1-10(16-2)6-7-17-14(18)8-11-4-5-12(19-3)9-13(11)15;/h4-5,9-10,16H,6-8H2,1-3H3,(H,17,18);1H.